The molecule has 1 saturated heterocycles. The number of urea groups is 1. The van der Waals surface area contributed by atoms with Crippen LogP contribution in [0.3, 0.4) is 0 Å². The fourth-order valence-corrected chi connectivity index (χ4v) is 5.44. The molecule has 3 aromatic rings. The highest BCUT2D eigenvalue weighted by Gasteiger charge is 2.31. The maximum Gasteiger partial charge on any atom is 0.322 e. The van der Waals surface area contributed by atoms with Gasteiger partial charge in [0, 0.05) is 44.0 Å². The van der Waals surface area contributed by atoms with Crippen LogP contribution >= 0.6 is 0 Å². The van der Waals surface area contributed by atoms with Gasteiger partial charge in [-0.2, -0.15) is 0 Å². The average molecular weight is 549 g/mol. The lowest BCUT2D eigenvalue weighted by Gasteiger charge is -2.38. The van der Waals surface area contributed by atoms with E-state index in [2.05, 4.69) is 20.6 Å². The number of fused-ring (bicyclic) bond motifs is 2. The van der Waals surface area contributed by atoms with Crippen LogP contribution in [-0.4, -0.2) is 84.1 Å². The molecule has 0 aliphatic carbocycles. The Morgan fingerprint density at radius 2 is 1.93 bits per heavy atom. The molecule has 2 aliphatic heterocycles. The monoisotopic (exact) mass is 548 g/mol. The molecule has 0 unspecified atom stereocenters. The summed E-state index contributed by atoms with van der Waals surface area (Å²) in [5, 5.41) is 5.78. The zero-order valence-electron chi connectivity index (χ0n) is 23.4. The second-order valence-electron chi connectivity index (χ2n) is 10.4. The maximum atomic E-state index is 13.0. The van der Waals surface area contributed by atoms with Gasteiger partial charge in [-0.1, -0.05) is 0 Å². The highest BCUT2D eigenvalue weighted by molar-refractivity contribution is 5.99. The summed E-state index contributed by atoms with van der Waals surface area (Å²) in [6.07, 6.45) is 1.90. The fourth-order valence-electron chi connectivity index (χ4n) is 5.44. The van der Waals surface area contributed by atoms with Crippen LogP contribution in [0.25, 0.3) is 11.0 Å². The first-order valence-corrected chi connectivity index (χ1v) is 13.6. The summed E-state index contributed by atoms with van der Waals surface area (Å²) in [5.74, 6) is 0.998. The van der Waals surface area contributed by atoms with Crippen LogP contribution in [-0.2, 0) is 16.0 Å². The maximum absolute atomic E-state index is 13.0. The van der Waals surface area contributed by atoms with E-state index in [0.717, 1.165) is 34.5 Å². The Balaban J connectivity index is 1.14. The highest BCUT2D eigenvalue weighted by Crippen LogP contribution is 2.28. The Morgan fingerprint density at radius 3 is 2.65 bits per heavy atom. The summed E-state index contributed by atoms with van der Waals surface area (Å²) >= 11 is 0. The lowest BCUT2D eigenvalue weighted by molar-refractivity contribution is -0.131. The van der Waals surface area contributed by atoms with Crippen LogP contribution in [0, 0.1) is 6.92 Å². The summed E-state index contributed by atoms with van der Waals surface area (Å²) < 4.78 is 10.7. The number of methoxy groups -OCH3 is 2. The number of aromatic amines is 1. The van der Waals surface area contributed by atoms with E-state index in [1.54, 1.807) is 31.3 Å². The molecule has 5 rings (SSSR count). The summed E-state index contributed by atoms with van der Waals surface area (Å²) in [5.41, 5.74) is 4.73. The van der Waals surface area contributed by atoms with Crippen molar-refractivity contribution in [1.82, 2.24) is 25.1 Å². The molecular weight excluding hydrogens is 512 g/mol. The molecular formula is C29H36N6O5. The van der Waals surface area contributed by atoms with E-state index in [4.69, 9.17) is 9.47 Å². The molecule has 3 N–H and O–H groups in total. The number of anilines is 1. The number of benzene rings is 2. The molecule has 11 nitrogen and oxygen atoms in total. The number of aromatic nitrogens is 2. The number of ether oxygens (including phenoxy) is 2. The quantitative estimate of drug-likeness (QED) is 0.415. The SMILES string of the molecule is COc1ccc2c(c1)CCN(C1CCN(C(=O)CNC(=O)c3cc(C)c4[nH]c([C@H](C)OC)nc4c3)CC1)C(=O)N2. The molecule has 0 bridgehead atoms. The van der Waals surface area contributed by atoms with Crippen LogP contribution in [0.2, 0.25) is 0 Å². The molecule has 4 amide bonds. The van der Waals surface area contributed by atoms with Crippen molar-refractivity contribution in [3.63, 3.8) is 0 Å². The Bertz CT molecular complexity index is 1430. The Kier molecular flexibility index (Phi) is 7.92. The Labute approximate surface area is 233 Å². The van der Waals surface area contributed by atoms with Crippen LogP contribution in [0.5, 0.6) is 5.75 Å². The molecule has 212 valence electrons. The molecule has 0 saturated carbocycles. The van der Waals surface area contributed by atoms with E-state index in [1.807, 2.05) is 36.9 Å². The average Bonchev–Trinajstić information content (AvgIpc) is 3.34. The molecule has 1 atom stereocenters. The van der Waals surface area contributed by atoms with Crippen molar-refractivity contribution in [3.05, 3.63) is 52.8 Å². The fraction of sp³-hybridized carbons (Fsp3) is 0.448. The Morgan fingerprint density at radius 1 is 1.15 bits per heavy atom. The van der Waals surface area contributed by atoms with Gasteiger partial charge < -0.3 is 34.9 Å². The van der Waals surface area contributed by atoms with Crippen LogP contribution in [0.15, 0.2) is 30.3 Å². The van der Waals surface area contributed by atoms with Crippen molar-refractivity contribution >= 4 is 34.6 Å². The summed E-state index contributed by atoms with van der Waals surface area (Å²) in [4.78, 5) is 50.2. The molecule has 2 aliphatic rings. The van der Waals surface area contributed by atoms with Crippen molar-refractivity contribution in [2.24, 2.45) is 0 Å². The summed E-state index contributed by atoms with van der Waals surface area (Å²) in [7, 11) is 3.25. The van der Waals surface area contributed by atoms with E-state index in [-0.39, 0.29) is 36.5 Å². The zero-order valence-corrected chi connectivity index (χ0v) is 23.4. The first-order valence-electron chi connectivity index (χ1n) is 13.6. The van der Waals surface area contributed by atoms with Gasteiger partial charge in [0.25, 0.3) is 5.91 Å². The van der Waals surface area contributed by atoms with E-state index in [0.29, 0.717) is 49.4 Å². The largest absolute Gasteiger partial charge is 0.497 e. The van der Waals surface area contributed by atoms with Crippen molar-refractivity contribution < 1.29 is 23.9 Å². The number of hydrogen-bond donors (Lipinski definition) is 3. The van der Waals surface area contributed by atoms with Crippen molar-refractivity contribution in [2.45, 2.75) is 45.3 Å². The third kappa shape index (κ3) is 5.60. The number of piperidine rings is 1. The minimum atomic E-state index is -0.324. The number of nitrogens with one attached hydrogen (secondary N) is 3. The third-order valence-electron chi connectivity index (χ3n) is 7.90. The van der Waals surface area contributed by atoms with Crippen molar-refractivity contribution in [2.75, 3.05) is 45.7 Å². The second-order valence-corrected chi connectivity index (χ2v) is 10.4. The highest BCUT2D eigenvalue weighted by atomic mass is 16.5. The number of H-pyrrole nitrogens is 1. The van der Waals surface area contributed by atoms with Gasteiger partial charge in [0.15, 0.2) is 0 Å². The molecule has 0 spiro atoms. The van der Waals surface area contributed by atoms with Gasteiger partial charge in [-0.15, -0.1) is 0 Å². The standard InChI is InChI=1S/C29H36N6O5/c1-17-13-20(15-24-26(17)33-27(31-24)18(2)39-3)28(37)30-16-25(36)34-10-8-21(9-11-34)35-12-7-19-14-22(40-4)5-6-23(19)32-29(35)38/h5-6,13-15,18,21H,7-12,16H2,1-4H3,(H,30,37)(H,31,33)(H,32,38)/t18-/m0/s1. The summed E-state index contributed by atoms with van der Waals surface area (Å²) in [6, 6.07) is 9.11. The van der Waals surface area contributed by atoms with Crippen LogP contribution < -0.4 is 15.4 Å². The van der Waals surface area contributed by atoms with E-state index >= 15 is 0 Å². The van der Waals surface area contributed by atoms with Crippen LogP contribution in [0.4, 0.5) is 10.5 Å². The number of carbonyl (C=O) groups excluding carboxylic acids is 3. The minimum Gasteiger partial charge on any atom is -0.497 e. The molecule has 0 radical (unpaired) electrons. The molecule has 11 heteroatoms. The van der Waals surface area contributed by atoms with Gasteiger partial charge in [-0.05, 0) is 74.6 Å². The topological polar surface area (TPSA) is 129 Å². The van der Waals surface area contributed by atoms with Crippen LogP contribution in [0.1, 0.15) is 53.2 Å². The third-order valence-corrected chi connectivity index (χ3v) is 7.90. The number of likely N-dealkylation sites (tertiary alicyclic amines) is 1. The Hall–Kier alpha value is -4.12. The normalized spacial score (nSPS) is 16.8. The smallest absolute Gasteiger partial charge is 0.322 e. The summed E-state index contributed by atoms with van der Waals surface area (Å²) in [6.45, 7) is 5.38. The van der Waals surface area contributed by atoms with Gasteiger partial charge in [0.2, 0.25) is 5.91 Å². The number of hydrogen-bond acceptors (Lipinski definition) is 6. The number of rotatable bonds is 7. The number of nitrogens with zero attached hydrogens (tertiary/aromatic N) is 3. The second kappa shape index (κ2) is 11.5. The van der Waals surface area contributed by atoms with Gasteiger partial charge in [0.05, 0.1) is 24.7 Å². The number of amides is 4. The van der Waals surface area contributed by atoms with E-state index in [1.165, 1.54) is 0 Å². The molecule has 3 heterocycles. The molecule has 40 heavy (non-hydrogen) atoms. The first-order chi connectivity index (χ1) is 19.3. The molecule has 2 aromatic carbocycles. The number of aryl methyl sites for hydroxylation is 1. The van der Waals surface area contributed by atoms with E-state index in [9.17, 15) is 14.4 Å². The minimum absolute atomic E-state index is 0.0455. The van der Waals surface area contributed by atoms with E-state index < -0.39 is 0 Å². The number of imidazole rings is 1. The predicted octanol–water partition coefficient (Wildman–Crippen LogP) is 3.40. The zero-order chi connectivity index (χ0) is 28.4. The number of carbonyl (C=O) groups is 3. The lowest BCUT2D eigenvalue weighted by Crippen LogP contribution is -2.51. The van der Waals surface area contributed by atoms with Gasteiger partial charge in [-0.3, -0.25) is 9.59 Å². The van der Waals surface area contributed by atoms with Crippen molar-refractivity contribution in [3.8, 4) is 5.75 Å². The van der Waals surface area contributed by atoms with Gasteiger partial charge in [-0.25, -0.2) is 9.78 Å². The first kappa shape index (κ1) is 27.4. The molecule has 1 fully saturated rings. The van der Waals surface area contributed by atoms with Gasteiger partial charge in [0.1, 0.15) is 17.7 Å². The van der Waals surface area contributed by atoms with Gasteiger partial charge >= 0.3 is 6.03 Å². The lowest BCUT2D eigenvalue weighted by atomic mass is 10.0. The van der Waals surface area contributed by atoms with Crippen molar-refractivity contribution in [1.29, 1.82) is 0 Å². The predicted molar refractivity (Wildman–Crippen MR) is 151 cm³/mol. The molecule has 1 aromatic heterocycles.